The van der Waals surface area contributed by atoms with E-state index in [0.29, 0.717) is 24.2 Å². The van der Waals surface area contributed by atoms with Gasteiger partial charge < -0.3 is 9.84 Å². The van der Waals surface area contributed by atoms with Crippen LogP contribution >= 0.6 is 0 Å². The Morgan fingerprint density at radius 1 is 1.61 bits per heavy atom. The first kappa shape index (κ1) is 13.9. The molecule has 0 saturated heterocycles. The molecule has 0 aliphatic heterocycles. The summed E-state index contributed by atoms with van der Waals surface area (Å²) >= 11 is 0. The number of rotatable bonds is 5. The van der Waals surface area contributed by atoms with E-state index in [2.05, 4.69) is 6.58 Å². The summed E-state index contributed by atoms with van der Waals surface area (Å²) in [5.41, 5.74) is 0.840. The normalized spacial score (nSPS) is 11.4. The maximum absolute atomic E-state index is 11.5. The van der Waals surface area contributed by atoms with Crippen LogP contribution in [-0.4, -0.2) is 17.7 Å². The van der Waals surface area contributed by atoms with Gasteiger partial charge in [-0.15, -0.1) is 0 Å². The maximum atomic E-state index is 11.5. The molecule has 94 valence electrons. The third-order valence-electron chi connectivity index (χ3n) is 2.36. The van der Waals surface area contributed by atoms with E-state index in [1.807, 2.05) is 13.0 Å². The van der Waals surface area contributed by atoms with Gasteiger partial charge in [-0.25, -0.2) is 4.79 Å². The number of esters is 1. The van der Waals surface area contributed by atoms with Crippen molar-refractivity contribution in [1.82, 2.24) is 0 Å². The third kappa shape index (κ3) is 3.44. The van der Waals surface area contributed by atoms with E-state index in [-0.39, 0.29) is 5.57 Å². The predicted molar refractivity (Wildman–Crippen MR) is 66.5 cm³/mol. The van der Waals surface area contributed by atoms with E-state index in [1.54, 1.807) is 18.2 Å². The Hall–Kier alpha value is -2.12. The largest absolute Gasteiger partial charge is 0.462 e. The molecule has 1 rings (SSSR count). The topological polar surface area (TPSA) is 70.3 Å². The molecule has 0 saturated carbocycles. The minimum atomic E-state index is -1.15. The Labute approximate surface area is 106 Å². The summed E-state index contributed by atoms with van der Waals surface area (Å²) in [5.74, 6) is -0.619. The second-order valence-electron chi connectivity index (χ2n) is 3.80. The number of aliphatic hydroxyl groups excluding tert-OH is 1. The summed E-state index contributed by atoms with van der Waals surface area (Å²) in [6.07, 6.45) is -0.443. The molecule has 0 aliphatic rings. The number of carbonyl (C=O) groups is 1. The zero-order valence-corrected chi connectivity index (χ0v) is 10.2. The number of nitriles is 1. The van der Waals surface area contributed by atoms with E-state index in [4.69, 9.17) is 10.00 Å². The van der Waals surface area contributed by atoms with E-state index in [0.717, 1.165) is 0 Å². The molecule has 1 atom stereocenters. The Bertz CT molecular complexity index is 488. The first-order chi connectivity index (χ1) is 8.60. The molecule has 0 aromatic heterocycles. The van der Waals surface area contributed by atoms with Gasteiger partial charge >= 0.3 is 5.97 Å². The SMILES string of the molecule is C=C(C(=O)OCCC)C(O)c1cccc(C#N)c1. The molecule has 1 aromatic carbocycles. The minimum absolute atomic E-state index is 0.0291. The average molecular weight is 245 g/mol. The molecule has 1 aromatic rings. The van der Waals surface area contributed by atoms with Gasteiger partial charge in [-0.1, -0.05) is 25.6 Å². The van der Waals surface area contributed by atoms with Crippen LogP contribution in [0.15, 0.2) is 36.4 Å². The van der Waals surface area contributed by atoms with E-state index in [1.165, 1.54) is 6.07 Å². The molecule has 0 spiro atoms. The average Bonchev–Trinajstić information content (AvgIpc) is 2.43. The lowest BCUT2D eigenvalue weighted by molar-refractivity contribution is -0.140. The number of ether oxygens (including phenoxy) is 1. The number of hydrogen-bond donors (Lipinski definition) is 1. The van der Waals surface area contributed by atoms with Crippen LogP contribution in [0.1, 0.15) is 30.6 Å². The van der Waals surface area contributed by atoms with Crippen molar-refractivity contribution in [2.75, 3.05) is 6.61 Å². The Kier molecular flexibility index (Phi) is 5.09. The van der Waals surface area contributed by atoms with Crippen LogP contribution in [-0.2, 0) is 9.53 Å². The summed E-state index contributed by atoms with van der Waals surface area (Å²) in [6, 6.07) is 8.37. The smallest absolute Gasteiger partial charge is 0.336 e. The molecule has 0 bridgehead atoms. The first-order valence-corrected chi connectivity index (χ1v) is 5.64. The highest BCUT2D eigenvalue weighted by Gasteiger charge is 2.19. The number of benzene rings is 1. The van der Waals surface area contributed by atoms with Crippen LogP contribution in [0.2, 0.25) is 0 Å². The first-order valence-electron chi connectivity index (χ1n) is 5.64. The van der Waals surface area contributed by atoms with E-state index < -0.39 is 12.1 Å². The fourth-order valence-electron chi connectivity index (χ4n) is 1.38. The van der Waals surface area contributed by atoms with Crippen LogP contribution in [0.25, 0.3) is 0 Å². The van der Waals surface area contributed by atoms with Gasteiger partial charge in [0.15, 0.2) is 0 Å². The number of carbonyl (C=O) groups excluding carboxylic acids is 1. The fourth-order valence-corrected chi connectivity index (χ4v) is 1.38. The highest BCUT2D eigenvalue weighted by molar-refractivity contribution is 5.89. The summed E-state index contributed by atoms with van der Waals surface area (Å²) < 4.78 is 4.89. The predicted octanol–water partition coefficient (Wildman–Crippen LogP) is 2.10. The van der Waals surface area contributed by atoms with Crippen LogP contribution in [0.3, 0.4) is 0 Å². The van der Waals surface area contributed by atoms with Crippen LogP contribution in [0, 0.1) is 11.3 Å². The summed E-state index contributed by atoms with van der Waals surface area (Å²) in [5, 5.41) is 18.7. The highest BCUT2D eigenvalue weighted by atomic mass is 16.5. The molecule has 0 radical (unpaired) electrons. The van der Waals surface area contributed by atoms with Crippen molar-refractivity contribution in [3.8, 4) is 6.07 Å². The lowest BCUT2D eigenvalue weighted by Gasteiger charge is -2.13. The number of nitrogens with zero attached hydrogens (tertiary/aromatic N) is 1. The molecule has 0 amide bonds. The van der Waals surface area contributed by atoms with Crippen LogP contribution in [0.4, 0.5) is 0 Å². The van der Waals surface area contributed by atoms with Gasteiger partial charge in [-0.05, 0) is 24.1 Å². The van der Waals surface area contributed by atoms with E-state index >= 15 is 0 Å². The van der Waals surface area contributed by atoms with Crippen molar-refractivity contribution < 1.29 is 14.6 Å². The van der Waals surface area contributed by atoms with Crippen LogP contribution < -0.4 is 0 Å². The van der Waals surface area contributed by atoms with Crippen molar-refractivity contribution in [2.45, 2.75) is 19.4 Å². The second-order valence-corrected chi connectivity index (χ2v) is 3.80. The zero-order valence-electron chi connectivity index (χ0n) is 10.2. The Morgan fingerprint density at radius 2 is 2.33 bits per heavy atom. The van der Waals surface area contributed by atoms with Crippen molar-refractivity contribution in [1.29, 1.82) is 5.26 Å². The quantitative estimate of drug-likeness (QED) is 0.637. The fraction of sp³-hybridized carbons (Fsp3) is 0.286. The van der Waals surface area contributed by atoms with Gasteiger partial charge in [-0.2, -0.15) is 5.26 Å². The summed E-state index contributed by atoms with van der Waals surface area (Å²) in [7, 11) is 0. The lowest BCUT2D eigenvalue weighted by atomic mass is 10.0. The zero-order chi connectivity index (χ0) is 13.5. The number of aliphatic hydroxyl groups is 1. The van der Waals surface area contributed by atoms with Gasteiger partial charge in [0.25, 0.3) is 0 Å². The molecular weight excluding hydrogens is 230 g/mol. The van der Waals surface area contributed by atoms with Gasteiger partial charge in [0.05, 0.1) is 23.8 Å². The molecule has 4 nitrogen and oxygen atoms in total. The van der Waals surface area contributed by atoms with Crippen LogP contribution in [0.5, 0.6) is 0 Å². The number of hydrogen-bond acceptors (Lipinski definition) is 4. The lowest BCUT2D eigenvalue weighted by Crippen LogP contribution is -2.14. The van der Waals surface area contributed by atoms with Gasteiger partial charge in [0.2, 0.25) is 0 Å². The molecule has 0 fully saturated rings. The molecular formula is C14H15NO3. The standard InChI is InChI=1S/C14H15NO3/c1-3-7-18-14(17)10(2)13(16)12-6-4-5-11(8-12)9-15/h4-6,8,13,16H,2-3,7H2,1H3. The summed E-state index contributed by atoms with van der Waals surface area (Å²) in [6.45, 7) is 5.70. The van der Waals surface area contributed by atoms with E-state index in [9.17, 15) is 9.90 Å². The van der Waals surface area contributed by atoms with Gasteiger partial charge in [0, 0.05) is 0 Å². The van der Waals surface area contributed by atoms with Crippen molar-refractivity contribution >= 4 is 5.97 Å². The third-order valence-corrected chi connectivity index (χ3v) is 2.36. The maximum Gasteiger partial charge on any atom is 0.336 e. The van der Waals surface area contributed by atoms with Crippen molar-refractivity contribution in [3.05, 3.63) is 47.5 Å². The van der Waals surface area contributed by atoms with Crippen molar-refractivity contribution in [2.24, 2.45) is 0 Å². The molecule has 1 unspecified atom stereocenters. The molecule has 0 heterocycles. The van der Waals surface area contributed by atoms with Gasteiger partial charge in [-0.3, -0.25) is 0 Å². The second kappa shape index (κ2) is 6.58. The van der Waals surface area contributed by atoms with Gasteiger partial charge in [0.1, 0.15) is 6.10 Å². The Balaban J connectivity index is 2.80. The Morgan fingerprint density at radius 3 is 2.94 bits per heavy atom. The monoisotopic (exact) mass is 245 g/mol. The highest BCUT2D eigenvalue weighted by Crippen LogP contribution is 2.22. The summed E-state index contributed by atoms with van der Waals surface area (Å²) in [4.78, 5) is 11.5. The molecule has 0 aliphatic carbocycles. The molecule has 4 heteroatoms. The molecule has 1 N–H and O–H groups in total. The van der Waals surface area contributed by atoms with Crippen molar-refractivity contribution in [3.63, 3.8) is 0 Å². The minimum Gasteiger partial charge on any atom is -0.462 e. The molecule has 18 heavy (non-hydrogen) atoms.